The van der Waals surface area contributed by atoms with Crippen LogP contribution in [0.3, 0.4) is 0 Å². The average Bonchev–Trinajstić information content (AvgIpc) is 2.17. The molecule has 0 saturated heterocycles. The first-order valence-corrected chi connectivity index (χ1v) is 5.41. The lowest BCUT2D eigenvalue weighted by Crippen LogP contribution is -1.95. The Labute approximate surface area is 85.9 Å². The molecule has 0 aliphatic rings. The Morgan fingerprint density at radius 2 is 1.46 bits per heavy atom. The summed E-state index contributed by atoms with van der Waals surface area (Å²) in [7, 11) is 0. The highest BCUT2D eigenvalue weighted by molar-refractivity contribution is 6.32. The van der Waals surface area contributed by atoms with Gasteiger partial charge in [0.15, 0.2) is 0 Å². The van der Waals surface area contributed by atoms with Gasteiger partial charge in [-0.3, -0.25) is 0 Å². The minimum atomic E-state index is 0.990. The third-order valence-corrected chi connectivity index (χ3v) is 3.01. The van der Waals surface area contributed by atoms with Crippen molar-refractivity contribution in [1.82, 2.24) is 0 Å². The van der Waals surface area contributed by atoms with E-state index in [1.165, 1.54) is 16.7 Å². The van der Waals surface area contributed by atoms with E-state index in [2.05, 4.69) is 32.9 Å². The molecule has 0 aliphatic carbocycles. The lowest BCUT2D eigenvalue weighted by Gasteiger charge is -2.11. The first kappa shape index (κ1) is 10.6. The van der Waals surface area contributed by atoms with Gasteiger partial charge in [-0.1, -0.05) is 44.5 Å². The second-order valence-electron chi connectivity index (χ2n) is 3.24. The van der Waals surface area contributed by atoms with E-state index in [1.54, 1.807) is 0 Å². The van der Waals surface area contributed by atoms with E-state index < -0.39 is 0 Å². The number of halogens is 1. The summed E-state index contributed by atoms with van der Waals surface area (Å²) in [4.78, 5) is 0. The molecule has 0 radical (unpaired) electrons. The van der Waals surface area contributed by atoms with E-state index in [-0.39, 0.29) is 0 Å². The summed E-state index contributed by atoms with van der Waals surface area (Å²) in [5.74, 6) is 0. The van der Waals surface area contributed by atoms with Crippen LogP contribution < -0.4 is 0 Å². The van der Waals surface area contributed by atoms with Crippen LogP contribution >= 0.6 is 11.6 Å². The van der Waals surface area contributed by atoms with Crippen LogP contribution in [0.2, 0.25) is 5.02 Å². The molecule has 1 aromatic carbocycles. The van der Waals surface area contributed by atoms with Crippen molar-refractivity contribution in [2.45, 2.75) is 40.0 Å². The van der Waals surface area contributed by atoms with Crippen molar-refractivity contribution in [2.75, 3.05) is 0 Å². The largest absolute Gasteiger partial charge is 0.0837 e. The Morgan fingerprint density at radius 1 is 0.923 bits per heavy atom. The molecule has 0 aliphatic heterocycles. The van der Waals surface area contributed by atoms with Gasteiger partial charge in [-0.05, 0) is 36.0 Å². The molecule has 0 fully saturated rings. The lowest BCUT2D eigenvalue weighted by atomic mass is 9.99. The lowest BCUT2D eigenvalue weighted by molar-refractivity contribution is 1.02. The standard InChI is InChI=1S/C12H17Cl/c1-4-9-7-8-10(5-2)12(13)11(9)6-3/h7-8H,4-6H2,1-3H3. The van der Waals surface area contributed by atoms with Crippen LogP contribution in [0.4, 0.5) is 0 Å². The van der Waals surface area contributed by atoms with Gasteiger partial charge in [0, 0.05) is 5.02 Å². The Balaban J connectivity index is 3.23. The SMILES string of the molecule is CCc1ccc(CC)c(CC)c1Cl. The molecule has 0 amide bonds. The fourth-order valence-electron chi connectivity index (χ4n) is 1.70. The topological polar surface area (TPSA) is 0 Å². The molecule has 0 nitrogen and oxygen atoms in total. The summed E-state index contributed by atoms with van der Waals surface area (Å²) in [6, 6.07) is 4.36. The van der Waals surface area contributed by atoms with Gasteiger partial charge < -0.3 is 0 Å². The molecule has 1 rings (SSSR count). The predicted octanol–water partition coefficient (Wildman–Crippen LogP) is 4.03. The summed E-state index contributed by atoms with van der Waals surface area (Å²) in [6.45, 7) is 6.49. The second kappa shape index (κ2) is 4.66. The molecule has 0 saturated carbocycles. The number of aryl methyl sites for hydroxylation is 2. The number of rotatable bonds is 3. The third kappa shape index (κ3) is 2.05. The molecule has 0 aromatic heterocycles. The van der Waals surface area contributed by atoms with E-state index in [9.17, 15) is 0 Å². The van der Waals surface area contributed by atoms with Crippen LogP contribution in [0.25, 0.3) is 0 Å². The van der Waals surface area contributed by atoms with E-state index in [1.807, 2.05) is 0 Å². The van der Waals surface area contributed by atoms with E-state index in [0.717, 1.165) is 24.3 Å². The predicted molar refractivity (Wildman–Crippen MR) is 59.6 cm³/mol. The normalized spacial score (nSPS) is 10.5. The quantitative estimate of drug-likeness (QED) is 0.685. The molecular weight excluding hydrogens is 180 g/mol. The fraction of sp³-hybridized carbons (Fsp3) is 0.500. The van der Waals surface area contributed by atoms with Crippen LogP contribution in [0.15, 0.2) is 12.1 Å². The zero-order valence-corrected chi connectivity index (χ0v) is 9.41. The number of hydrogen-bond donors (Lipinski definition) is 0. The van der Waals surface area contributed by atoms with E-state index in [4.69, 9.17) is 11.6 Å². The van der Waals surface area contributed by atoms with Crippen LogP contribution in [-0.2, 0) is 19.3 Å². The van der Waals surface area contributed by atoms with Crippen molar-refractivity contribution in [3.05, 3.63) is 33.8 Å². The zero-order valence-electron chi connectivity index (χ0n) is 8.65. The molecule has 0 spiro atoms. The van der Waals surface area contributed by atoms with Crippen molar-refractivity contribution in [3.63, 3.8) is 0 Å². The average molecular weight is 197 g/mol. The smallest absolute Gasteiger partial charge is 0.0472 e. The van der Waals surface area contributed by atoms with E-state index in [0.29, 0.717) is 0 Å². The molecule has 1 heteroatoms. The van der Waals surface area contributed by atoms with Gasteiger partial charge in [-0.15, -0.1) is 0 Å². The third-order valence-electron chi connectivity index (χ3n) is 2.54. The molecule has 0 N–H and O–H groups in total. The van der Waals surface area contributed by atoms with Gasteiger partial charge in [0.05, 0.1) is 0 Å². The van der Waals surface area contributed by atoms with Crippen LogP contribution in [0, 0.1) is 0 Å². The van der Waals surface area contributed by atoms with Crippen molar-refractivity contribution in [2.24, 2.45) is 0 Å². The Kier molecular flexibility index (Phi) is 3.80. The summed E-state index contributed by atoms with van der Waals surface area (Å²) < 4.78 is 0. The summed E-state index contributed by atoms with van der Waals surface area (Å²) >= 11 is 6.29. The number of benzene rings is 1. The monoisotopic (exact) mass is 196 g/mol. The van der Waals surface area contributed by atoms with Gasteiger partial charge in [0.25, 0.3) is 0 Å². The van der Waals surface area contributed by atoms with Crippen LogP contribution in [-0.4, -0.2) is 0 Å². The Hall–Kier alpha value is -0.490. The van der Waals surface area contributed by atoms with Crippen LogP contribution in [0.1, 0.15) is 37.5 Å². The Bertz CT molecular complexity index is 289. The number of hydrogen-bond acceptors (Lipinski definition) is 0. The van der Waals surface area contributed by atoms with Gasteiger partial charge in [-0.25, -0.2) is 0 Å². The van der Waals surface area contributed by atoms with Crippen molar-refractivity contribution in [1.29, 1.82) is 0 Å². The maximum Gasteiger partial charge on any atom is 0.0472 e. The van der Waals surface area contributed by atoms with Crippen molar-refractivity contribution < 1.29 is 0 Å². The van der Waals surface area contributed by atoms with Crippen molar-refractivity contribution >= 4 is 11.6 Å². The van der Waals surface area contributed by atoms with Gasteiger partial charge in [0.2, 0.25) is 0 Å². The first-order chi connectivity index (χ1) is 6.24. The second-order valence-corrected chi connectivity index (χ2v) is 3.61. The molecule has 1 aromatic rings. The molecular formula is C12H17Cl. The van der Waals surface area contributed by atoms with Crippen molar-refractivity contribution in [3.8, 4) is 0 Å². The highest BCUT2D eigenvalue weighted by Crippen LogP contribution is 2.26. The molecule has 0 unspecified atom stereocenters. The summed E-state index contributed by atoms with van der Waals surface area (Å²) in [5, 5.41) is 0.990. The zero-order chi connectivity index (χ0) is 9.84. The molecule has 72 valence electrons. The minimum absolute atomic E-state index is 0.990. The molecule has 0 atom stereocenters. The van der Waals surface area contributed by atoms with Gasteiger partial charge >= 0.3 is 0 Å². The molecule has 13 heavy (non-hydrogen) atoms. The fourth-order valence-corrected chi connectivity index (χ4v) is 2.15. The highest BCUT2D eigenvalue weighted by atomic mass is 35.5. The Morgan fingerprint density at radius 3 is 1.92 bits per heavy atom. The summed E-state index contributed by atoms with van der Waals surface area (Å²) in [6.07, 6.45) is 3.14. The molecule has 0 heterocycles. The van der Waals surface area contributed by atoms with Crippen LogP contribution in [0.5, 0.6) is 0 Å². The molecule has 0 bridgehead atoms. The summed E-state index contributed by atoms with van der Waals surface area (Å²) in [5.41, 5.74) is 4.00. The highest BCUT2D eigenvalue weighted by Gasteiger charge is 2.07. The van der Waals surface area contributed by atoms with Gasteiger partial charge in [-0.2, -0.15) is 0 Å². The maximum absolute atomic E-state index is 6.29. The maximum atomic E-state index is 6.29. The van der Waals surface area contributed by atoms with E-state index >= 15 is 0 Å². The van der Waals surface area contributed by atoms with Gasteiger partial charge in [0.1, 0.15) is 0 Å². The first-order valence-electron chi connectivity index (χ1n) is 5.03. The minimum Gasteiger partial charge on any atom is -0.0837 e.